The van der Waals surface area contributed by atoms with Gasteiger partial charge in [0.2, 0.25) is 25.0 Å². The molecule has 65 heavy (non-hydrogen) atoms. The van der Waals surface area contributed by atoms with E-state index in [0.717, 1.165) is 9.80 Å². The molecular weight excluding hydrogens is 890 g/mol. The molecule has 8 atom stereocenters. The average Bonchev–Trinajstić information content (AvgIpc) is 3.25. The lowest BCUT2D eigenvalue weighted by Gasteiger charge is -2.28. The molecule has 0 heterocycles. The maximum atomic E-state index is 12.5. The molecule has 374 valence electrons. The second-order valence-corrected chi connectivity index (χ2v) is 13.5. The van der Waals surface area contributed by atoms with Crippen LogP contribution in [0.4, 0.5) is 0 Å². The van der Waals surface area contributed by atoms with Crippen LogP contribution in [0.1, 0.15) is 0 Å². The smallest absolute Gasteiger partial charge is 0.347 e. The zero-order valence-corrected chi connectivity index (χ0v) is 34.8. The van der Waals surface area contributed by atoms with Crippen LogP contribution in [-0.4, -0.2) is 296 Å². The Kier molecular flexibility index (Phi) is 31.3. The minimum Gasteiger partial charge on any atom is -0.480 e. The Balaban J connectivity index is 4.90. The van der Waals surface area contributed by atoms with Crippen molar-refractivity contribution in [3.63, 3.8) is 0 Å². The molecular formula is C34H59N7O24. The number of hydrogen-bond acceptors (Lipinski definition) is 26. The van der Waals surface area contributed by atoms with E-state index in [-0.39, 0.29) is 52.5 Å². The molecule has 0 spiro atoms. The maximum absolute atomic E-state index is 12.5. The van der Waals surface area contributed by atoms with E-state index in [9.17, 15) is 89.7 Å². The van der Waals surface area contributed by atoms with Gasteiger partial charge in [-0.3, -0.25) is 38.7 Å². The van der Waals surface area contributed by atoms with E-state index in [0.29, 0.717) is 12.4 Å². The highest BCUT2D eigenvalue weighted by molar-refractivity contribution is 5.80. The molecule has 0 fully saturated rings. The van der Waals surface area contributed by atoms with Crippen LogP contribution in [0.25, 0.3) is 0 Å². The average molecular weight is 950 g/mol. The van der Waals surface area contributed by atoms with Crippen LogP contribution in [0.3, 0.4) is 0 Å². The predicted molar refractivity (Wildman–Crippen MR) is 211 cm³/mol. The van der Waals surface area contributed by atoms with E-state index in [1.807, 2.05) is 0 Å². The molecule has 0 aliphatic carbocycles. The first kappa shape index (κ1) is 59.7. The standard InChI is InChI=1S/C34H59N7O24/c42-16-22(46)33(60)31(58)20(44)9-37-64-18-29(56)62-7-1-35-24(48)11-40(14-27(52)53)5-3-39(13-26(50)51)4-6-41(15-28(54)55)12-25(49)36-2-8-63-30(57)19-65-38-10-21(45)32(59)34(61)23(47)17-43/h9-10,20-23,31-34,42-47,58-61H,1-8,11-19H2,(H,35,48)(H,36,49)(H,50,51)(H,52,53)(H,54,55)/b37-9+,38-10+/t20-,21-,22+,23+,31+,32+,33-,34-/m0/s1. The van der Waals surface area contributed by atoms with Gasteiger partial charge in [-0.25, -0.2) is 9.59 Å². The van der Waals surface area contributed by atoms with Crippen molar-refractivity contribution >= 4 is 54.1 Å². The summed E-state index contributed by atoms with van der Waals surface area (Å²) in [6.07, 6.45) is -13.8. The molecule has 0 saturated carbocycles. The summed E-state index contributed by atoms with van der Waals surface area (Å²) < 4.78 is 9.66. The molecule has 15 N–H and O–H groups in total. The maximum Gasteiger partial charge on any atom is 0.347 e. The Morgan fingerprint density at radius 2 is 0.815 bits per heavy atom. The van der Waals surface area contributed by atoms with E-state index in [1.165, 1.54) is 4.90 Å². The summed E-state index contributed by atoms with van der Waals surface area (Å²) in [5, 5.41) is 133. The van der Waals surface area contributed by atoms with Gasteiger partial charge in [0.25, 0.3) is 0 Å². The van der Waals surface area contributed by atoms with Crippen molar-refractivity contribution in [2.24, 2.45) is 10.3 Å². The third-order valence-electron chi connectivity index (χ3n) is 8.15. The predicted octanol–water partition coefficient (Wildman–Crippen LogP) is -10.7. The molecule has 0 radical (unpaired) electrons. The summed E-state index contributed by atoms with van der Waals surface area (Å²) in [5.74, 6) is -7.36. The van der Waals surface area contributed by atoms with Crippen LogP contribution in [0.15, 0.2) is 10.3 Å². The Morgan fingerprint density at radius 3 is 1.14 bits per heavy atom. The first-order valence-corrected chi connectivity index (χ1v) is 19.3. The molecule has 2 amide bonds. The van der Waals surface area contributed by atoms with E-state index >= 15 is 0 Å². The number of carboxylic acid groups (broad SMARTS) is 3. The lowest BCUT2D eigenvalue weighted by atomic mass is 10.0. The van der Waals surface area contributed by atoms with Gasteiger partial charge in [0.05, 0.1) is 71.5 Å². The van der Waals surface area contributed by atoms with Crippen LogP contribution in [0, 0.1) is 0 Å². The third-order valence-corrected chi connectivity index (χ3v) is 8.15. The Morgan fingerprint density at radius 1 is 0.492 bits per heavy atom. The third kappa shape index (κ3) is 29.0. The highest BCUT2D eigenvalue weighted by Crippen LogP contribution is 2.05. The number of esters is 2. The van der Waals surface area contributed by atoms with E-state index in [1.54, 1.807) is 0 Å². The zero-order chi connectivity index (χ0) is 49.5. The number of carbonyl (C=O) groups is 7. The first-order chi connectivity index (χ1) is 30.6. The highest BCUT2D eigenvalue weighted by atomic mass is 16.7. The number of oxime groups is 2. The van der Waals surface area contributed by atoms with Gasteiger partial charge in [0.15, 0.2) is 0 Å². The van der Waals surface area contributed by atoms with Crippen molar-refractivity contribution in [1.29, 1.82) is 0 Å². The number of carbonyl (C=O) groups excluding carboxylic acids is 4. The highest BCUT2D eigenvalue weighted by Gasteiger charge is 2.30. The Hall–Kier alpha value is -5.29. The number of ether oxygens (including phenoxy) is 2. The summed E-state index contributed by atoms with van der Waals surface area (Å²) in [5.41, 5.74) is 0. The summed E-state index contributed by atoms with van der Waals surface area (Å²) in [7, 11) is 0. The fourth-order valence-electron chi connectivity index (χ4n) is 4.79. The van der Waals surface area contributed by atoms with Gasteiger partial charge in [0, 0.05) is 26.2 Å². The Bertz CT molecular complexity index is 1410. The topological polar surface area (TPSA) is 478 Å². The summed E-state index contributed by atoms with van der Waals surface area (Å²) in [4.78, 5) is 96.1. The Labute approximate surface area is 369 Å². The van der Waals surface area contributed by atoms with Crippen molar-refractivity contribution in [2.45, 2.75) is 48.8 Å². The second kappa shape index (κ2) is 34.1. The lowest BCUT2D eigenvalue weighted by molar-refractivity contribution is -0.149. The zero-order valence-electron chi connectivity index (χ0n) is 34.8. The summed E-state index contributed by atoms with van der Waals surface area (Å²) >= 11 is 0. The number of nitrogens with zero attached hydrogens (tertiary/aromatic N) is 5. The van der Waals surface area contributed by atoms with E-state index in [4.69, 9.17) is 19.7 Å². The number of carboxylic acids is 3. The number of rotatable bonds is 38. The summed E-state index contributed by atoms with van der Waals surface area (Å²) in [6, 6.07) is 0. The van der Waals surface area contributed by atoms with Crippen LogP contribution in [-0.2, 0) is 52.7 Å². The normalized spacial score (nSPS) is 15.5. The van der Waals surface area contributed by atoms with Crippen molar-refractivity contribution in [2.75, 3.05) is 112 Å². The van der Waals surface area contributed by atoms with Gasteiger partial charge >= 0.3 is 29.8 Å². The molecule has 0 unspecified atom stereocenters. The molecule has 31 nitrogen and oxygen atoms in total. The molecule has 0 aliphatic rings. The number of nitrogens with one attached hydrogen (secondary N) is 2. The van der Waals surface area contributed by atoms with Crippen molar-refractivity contribution in [3.8, 4) is 0 Å². The van der Waals surface area contributed by atoms with Gasteiger partial charge in [-0.2, -0.15) is 0 Å². The number of amides is 2. The minimum absolute atomic E-state index is 0.137. The van der Waals surface area contributed by atoms with Crippen LogP contribution >= 0.6 is 0 Å². The molecule has 0 aromatic carbocycles. The van der Waals surface area contributed by atoms with Gasteiger partial charge in [-0.15, -0.1) is 0 Å². The van der Waals surface area contributed by atoms with Crippen LogP contribution in [0.5, 0.6) is 0 Å². The number of hydrogen-bond donors (Lipinski definition) is 15. The van der Waals surface area contributed by atoms with Crippen LogP contribution < -0.4 is 10.6 Å². The minimum atomic E-state index is -1.95. The number of aliphatic hydroxyl groups is 10. The second-order valence-electron chi connectivity index (χ2n) is 13.5. The van der Waals surface area contributed by atoms with Crippen LogP contribution in [0.2, 0.25) is 0 Å². The fraction of sp³-hybridized carbons (Fsp3) is 0.735. The monoisotopic (exact) mass is 949 g/mol. The largest absolute Gasteiger partial charge is 0.480 e. The quantitative estimate of drug-likeness (QED) is 0.0118. The van der Waals surface area contributed by atoms with Gasteiger partial charge in [-0.05, 0) is 0 Å². The van der Waals surface area contributed by atoms with Crippen molar-refractivity contribution in [1.82, 2.24) is 25.3 Å². The van der Waals surface area contributed by atoms with Crippen molar-refractivity contribution < 1.29 is 119 Å². The van der Waals surface area contributed by atoms with Gasteiger partial charge in [0.1, 0.15) is 62.0 Å². The molecule has 0 aromatic rings. The van der Waals surface area contributed by atoms with Crippen molar-refractivity contribution in [3.05, 3.63) is 0 Å². The van der Waals surface area contributed by atoms with E-state index < -0.39 is 150 Å². The molecule has 31 heteroatoms. The number of aliphatic hydroxyl groups excluding tert-OH is 10. The van der Waals surface area contributed by atoms with Gasteiger partial charge < -0.3 is 96.2 Å². The molecule has 0 saturated heterocycles. The molecule has 0 aliphatic heterocycles. The first-order valence-electron chi connectivity index (χ1n) is 19.3. The SMILES string of the molecule is O=C(O)CN(CCN(CC(=O)O)CC(=O)NCCOC(=O)CO/N=C/[C@H](O)[C@@H](O)[C@@H](O)[C@H](O)CO)CCN(CC(=O)O)CC(=O)NCCOC(=O)CO/N=C/[C@H](O)[C@@H](O)[C@@H](O)[C@H](O)CO. The summed E-state index contributed by atoms with van der Waals surface area (Å²) in [6.45, 7) is -8.15. The molecule has 0 bridgehead atoms. The number of aliphatic carboxylic acids is 3. The van der Waals surface area contributed by atoms with Gasteiger partial charge in [-0.1, -0.05) is 10.3 Å². The molecule has 0 aromatic heterocycles. The molecule has 0 rings (SSSR count). The lowest BCUT2D eigenvalue weighted by Crippen LogP contribution is -2.47. The fourth-order valence-corrected chi connectivity index (χ4v) is 4.79. The van der Waals surface area contributed by atoms with E-state index in [2.05, 4.69) is 30.6 Å².